The zero-order chi connectivity index (χ0) is 17.7. The van der Waals surface area contributed by atoms with Crippen LogP contribution in [0.15, 0.2) is 35.5 Å². The van der Waals surface area contributed by atoms with Crippen LogP contribution in [-0.4, -0.2) is 40.3 Å². The number of nitrogens with zero attached hydrogens (tertiary/aromatic N) is 2. The van der Waals surface area contributed by atoms with Gasteiger partial charge < -0.3 is 21.5 Å². The summed E-state index contributed by atoms with van der Waals surface area (Å²) < 4.78 is 0. The second kappa shape index (κ2) is 8.03. The second-order valence-electron chi connectivity index (χ2n) is 6.53. The minimum Gasteiger partial charge on any atom is -0.387 e. The molecule has 0 saturated carbocycles. The van der Waals surface area contributed by atoms with Crippen molar-refractivity contribution in [1.29, 1.82) is 0 Å². The van der Waals surface area contributed by atoms with E-state index in [0.717, 1.165) is 25.1 Å². The maximum Gasteiger partial charge on any atom is 0.191 e. The molecule has 5 N–H and O–H groups in total. The quantitative estimate of drug-likeness (QED) is 0.464. The smallest absolute Gasteiger partial charge is 0.191 e. The van der Waals surface area contributed by atoms with Gasteiger partial charge in [-0.25, -0.2) is 9.97 Å². The maximum absolute atomic E-state index is 10.5. The lowest BCUT2D eigenvalue weighted by molar-refractivity contribution is 0.0291. The van der Waals surface area contributed by atoms with Gasteiger partial charge in [-0.3, -0.25) is 0 Å². The van der Waals surface area contributed by atoms with E-state index in [4.69, 9.17) is 5.73 Å². The summed E-state index contributed by atoms with van der Waals surface area (Å²) in [6.07, 6.45) is 1.75. The number of nitrogen functional groups attached to an aromatic ring is 1. The molecule has 0 amide bonds. The van der Waals surface area contributed by atoms with Crippen molar-refractivity contribution in [3.63, 3.8) is 0 Å². The van der Waals surface area contributed by atoms with Crippen LogP contribution in [0, 0.1) is 6.92 Å². The lowest BCUT2D eigenvalue weighted by Crippen LogP contribution is -2.50. The third kappa shape index (κ3) is 5.07. The molecule has 1 aliphatic heterocycles. The van der Waals surface area contributed by atoms with Gasteiger partial charge in [-0.05, 0) is 37.4 Å². The number of thioether (sulfide) groups is 1. The van der Waals surface area contributed by atoms with Gasteiger partial charge in [0.1, 0.15) is 11.6 Å². The van der Waals surface area contributed by atoms with Gasteiger partial charge in [0.05, 0.1) is 5.60 Å². The highest BCUT2D eigenvalue weighted by Crippen LogP contribution is 2.24. The predicted molar refractivity (Wildman–Crippen MR) is 103 cm³/mol. The van der Waals surface area contributed by atoms with Gasteiger partial charge in [-0.1, -0.05) is 36.0 Å². The number of benzene rings is 1. The normalized spacial score (nSPS) is 20.4. The third-order valence-corrected chi connectivity index (χ3v) is 5.29. The van der Waals surface area contributed by atoms with Crippen LogP contribution >= 0.6 is 11.8 Å². The number of aromatic nitrogens is 2. The van der Waals surface area contributed by atoms with Crippen LogP contribution in [0.4, 0.5) is 11.6 Å². The van der Waals surface area contributed by atoms with Gasteiger partial charge in [0, 0.05) is 24.9 Å². The van der Waals surface area contributed by atoms with E-state index in [-0.39, 0.29) is 0 Å². The van der Waals surface area contributed by atoms with Crippen LogP contribution < -0.4 is 16.4 Å². The van der Waals surface area contributed by atoms with Gasteiger partial charge in [0.25, 0.3) is 0 Å². The molecule has 1 saturated heterocycles. The molecule has 1 fully saturated rings. The average molecular weight is 359 g/mol. The minimum atomic E-state index is -0.744. The number of rotatable bonds is 6. The minimum absolute atomic E-state index is 0.429. The summed E-state index contributed by atoms with van der Waals surface area (Å²) in [4.78, 5) is 8.83. The van der Waals surface area contributed by atoms with Crippen LogP contribution in [0.5, 0.6) is 0 Å². The molecule has 1 aliphatic rings. The first-order chi connectivity index (χ1) is 12.0. The zero-order valence-electron chi connectivity index (χ0n) is 14.5. The Hall–Kier alpha value is -1.83. The number of nitrogens with one attached hydrogen (secondary N) is 2. The molecule has 2 heterocycles. The Balaban J connectivity index is 1.63. The number of anilines is 2. The van der Waals surface area contributed by atoms with Crippen LogP contribution in [-0.2, 0) is 5.75 Å². The van der Waals surface area contributed by atoms with Crippen molar-refractivity contribution >= 4 is 23.4 Å². The van der Waals surface area contributed by atoms with Gasteiger partial charge in [-0.2, -0.15) is 0 Å². The fraction of sp³-hybridized carbons (Fsp3) is 0.444. The van der Waals surface area contributed by atoms with Crippen LogP contribution in [0.1, 0.15) is 24.0 Å². The van der Waals surface area contributed by atoms with E-state index in [9.17, 15) is 5.11 Å². The fourth-order valence-corrected chi connectivity index (χ4v) is 3.81. The van der Waals surface area contributed by atoms with Gasteiger partial charge >= 0.3 is 0 Å². The van der Waals surface area contributed by atoms with E-state index in [1.165, 1.54) is 11.1 Å². The Morgan fingerprint density at radius 1 is 1.36 bits per heavy atom. The van der Waals surface area contributed by atoms with Crippen molar-refractivity contribution in [1.82, 2.24) is 15.3 Å². The highest BCUT2D eigenvalue weighted by molar-refractivity contribution is 7.98. The molecule has 0 aliphatic carbocycles. The number of hydrogen-bond acceptors (Lipinski definition) is 7. The van der Waals surface area contributed by atoms with Crippen LogP contribution in [0.3, 0.4) is 0 Å². The van der Waals surface area contributed by atoms with E-state index in [1.54, 1.807) is 17.8 Å². The van der Waals surface area contributed by atoms with Crippen molar-refractivity contribution in [3.05, 3.63) is 41.5 Å². The SMILES string of the molecule is Cc1ccccc1CSc1nc(N)cc(NCC2(O)CCCNC2)n1. The average Bonchev–Trinajstić information content (AvgIpc) is 2.60. The first-order valence-corrected chi connectivity index (χ1v) is 9.51. The summed E-state index contributed by atoms with van der Waals surface area (Å²) >= 11 is 1.56. The van der Waals surface area contributed by atoms with Crippen molar-refractivity contribution in [2.75, 3.05) is 30.7 Å². The number of aryl methyl sites for hydroxylation is 1. The van der Waals surface area contributed by atoms with Crippen molar-refractivity contribution in [3.8, 4) is 0 Å². The Kier molecular flexibility index (Phi) is 5.78. The Morgan fingerprint density at radius 2 is 2.20 bits per heavy atom. The van der Waals surface area contributed by atoms with E-state index >= 15 is 0 Å². The predicted octanol–water partition coefficient (Wildman–Crippen LogP) is 2.19. The number of aliphatic hydroxyl groups is 1. The first kappa shape index (κ1) is 18.0. The van der Waals surface area contributed by atoms with E-state index in [1.807, 2.05) is 12.1 Å². The standard InChI is InChI=1S/C18H25N5OS/c1-13-5-2-3-6-14(13)10-25-17-22-15(19)9-16(23-17)21-12-18(24)7-4-8-20-11-18/h2-3,5-6,9,20,24H,4,7-8,10-12H2,1H3,(H3,19,21,22,23). The lowest BCUT2D eigenvalue weighted by Gasteiger charge is -2.32. The Labute approximate surface area is 152 Å². The molecule has 3 rings (SSSR count). The second-order valence-corrected chi connectivity index (χ2v) is 7.48. The maximum atomic E-state index is 10.5. The lowest BCUT2D eigenvalue weighted by atomic mass is 9.94. The molecule has 0 radical (unpaired) electrons. The fourth-order valence-electron chi connectivity index (χ4n) is 2.87. The molecule has 1 unspecified atom stereocenters. The Morgan fingerprint density at radius 3 is 2.96 bits per heavy atom. The van der Waals surface area contributed by atoms with Crippen molar-refractivity contribution in [2.24, 2.45) is 0 Å². The monoisotopic (exact) mass is 359 g/mol. The zero-order valence-corrected chi connectivity index (χ0v) is 15.3. The number of β-amino-alcohol motifs (C(OH)–C–C–N with tert-alkyl or cyclic N) is 1. The molecule has 7 heteroatoms. The highest BCUT2D eigenvalue weighted by atomic mass is 32.2. The molecular weight excluding hydrogens is 334 g/mol. The van der Waals surface area contributed by atoms with Crippen molar-refractivity contribution in [2.45, 2.75) is 36.3 Å². The van der Waals surface area contributed by atoms with Crippen LogP contribution in [0.25, 0.3) is 0 Å². The van der Waals surface area contributed by atoms with Gasteiger partial charge in [0.15, 0.2) is 5.16 Å². The number of piperidine rings is 1. The summed E-state index contributed by atoms with van der Waals surface area (Å²) in [7, 11) is 0. The molecule has 1 aromatic heterocycles. The number of hydrogen-bond donors (Lipinski definition) is 4. The molecule has 1 atom stereocenters. The summed E-state index contributed by atoms with van der Waals surface area (Å²) in [6, 6.07) is 9.99. The molecular formula is C18H25N5OS. The molecule has 0 spiro atoms. The molecule has 25 heavy (non-hydrogen) atoms. The van der Waals surface area contributed by atoms with Crippen molar-refractivity contribution < 1.29 is 5.11 Å². The van der Waals surface area contributed by atoms with Gasteiger partial charge in [-0.15, -0.1) is 0 Å². The summed E-state index contributed by atoms with van der Waals surface area (Å²) in [5.74, 6) is 1.88. The number of nitrogens with two attached hydrogens (primary N) is 1. The largest absolute Gasteiger partial charge is 0.387 e. The third-order valence-electron chi connectivity index (χ3n) is 4.39. The molecule has 6 nitrogen and oxygen atoms in total. The summed E-state index contributed by atoms with van der Waals surface area (Å²) in [5.41, 5.74) is 7.69. The van der Waals surface area contributed by atoms with Crippen LogP contribution in [0.2, 0.25) is 0 Å². The van der Waals surface area contributed by atoms with E-state index < -0.39 is 5.60 Å². The molecule has 1 aromatic carbocycles. The highest BCUT2D eigenvalue weighted by Gasteiger charge is 2.28. The first-order valence-electron chi connectivity index (χ1n) is 8.53. The van der Waals surface area contributed by atoms with Gasteiger partial charge in [0.2, 0.25) is 0 Å². The Bertz CT molecular complexity index is 718. The summed E-state index contributed by atoms with van der Waals surface area (Å²) in [5, 5.41) is 17.6. The molecule has 134 valence electrons. The molecule has 0 bridgehead atoms. The molecule has 2 aromatic rings. The van der Waals surface area contributed by atoms with E-state index in [0.29, 0.717) is 29.9 Å². The topological polar surface area (TPSA) is 96.1 Å². The van der Waals surface area contributed by atoms with E-state index in [2.05, 4.69) is 39.7 Å². The summed E-state index contributed by atoms with van der Waals surface area (Å²) in [6.45, 7) is 4.10.